The SMILES string of the molecule is CCOC(=O)C1=NO[C@@H]2CN(C(=O)OC(C)(C)C)C[C@@H]12. The van der Waals surface area contributed by atoms with Gasteiger partial charge in [0.05, 0.1) is 19.1 Å². The number of esters is 1. The molecule has 7 heteroatoms. The highest BCUT2D eigenvalue weighted by Gasteiger charge is 2.47. The zero-order valence-corrected chi connectivity index (χ0v) is 12.2. The maximum absolute atomic E-state index is 12.0. The predicted octanol–water partition coefficient (Wildman–Crippen LogP) is 1.17. The Labute approximate surface area is 117 Å². The van der Waals surface area contributed by atoms with Gasteiger partial charge in [-0.05, 0) is 27.7 Å². The van der Waals surface area contributed by atoms with E-state index in [-0.39, 0.29) is 24.3 Å². The molecule has 0 aromatic heterocycles. The number of rotatable bonds is 2. The summed E-state index contributed by atoms with van der Waals surface area (Å²) in [5, 5.41) is 3.77. The lowest BCUT2D eigenvalue weighted by Crippen LogP contribution is -2.36. The molecule has 7 nitrogen and oxygen atoms in total. The van der Waals surface area contributed by atoms with Gasteiger partial charge in [0.2, 0.25) is 0 Å². The van der Waals surface area contributed by atoms with Crippen LogP contribution in [0.3, 0.4) is 0 Å². The van der Waals surface area contributed by atoms with Crippen LogP contribution in [0, 0.1) is 5.92 Å². The second-order valence-electron chi connectivity index (χ2n) is 5.83. The quantitative estimate of drug-likeness (QED) is 0.711. The number of ether oxygens (including phenoxy) is 2. The highest BCUT2D eigenvalue weighted by molar-refractivity contribution is 6.37. The molecule has 2 aliphatic rings. The summed E-state index contributed by atoms with van der Waals surface area (Å²) >= 11 is 0. The van der Waals surface area contributed by atoms with Crippen LogP contribution in [0.15, 0.2) is 5.16 Å². The van der Waals surface area contributed by atoms with E-state index in [0.29, 0.717) is 13.1 Å². The van der Waals surface area contributed by atoms with E-state index in [0.717, 1.165) is 0 Å². The Hall–Kier alpha value is -1.79. The Kier molecular flexibility index (Phi) is 3.87. The Morgan fingerprint density at radius 1 is 1.40 bits per heavy atom. The first-order valence-corrected chi connectivity index (χ1v) is 6.70. The minimum Gasteiger partial charge on any atom is -0.461 e. The molecule has 112 valence electrons. The molecule has 0 N–H and O–H groups in total. The van der Waals surface area contributed by atoms with Crippen molar-refractivity contribution >= 4 is 17.8 Å². The second-order valence-corrected chi connectivity index (χ2v) is 5.83. The van der Waals surface area contributed by atoms with Crippen LogP contribution in [0.5, 0.6) is 0 Å². The molecule has 2 atom stereocenters. The van der Waals surface area contributed by atoms with Crippen molar-refractivity contribution in [2.24, 2.45) is 11.1 Å². The van der Waals surface area contributed by atoms with E-state index in [4.69, 9.17) is 14.3 Å². The Balaban J connectivity index is 1.97. The minimum absolute atomic E-state index is 0.235. The number of oxime groups is 1. The number of amides is 1. The first-order valence-electron chi connectivity index (χ1n) is 6.70. The molecule has 0 aliphatic carbocycles. The van der Waals surface area contributed by atoms with Gasteiger partial charge in [0, 0.05) is 6.54 Å². The molecule has 0 unspecified atom stereocenters. The fraction of sp³-hybridized carbons (Fsp3) is 0.769. The van der Waals surface area contributed by atoms with Crippen molar-refractivity contribution in [1.82, 2.24) is 4.90 Å². The molecule has 0 aromatic rings. The summed E-state index contributed by atoms with van der Waals surface area (Å²) in [6, 6.07) is 0. The maximum Gasteiger partial charge on any atom is 0.410 e. The average Bonchev–Trinajstić information content (AvgIpc) is 2.85. The predicted molar refractivity (Wildman–Crippen MR) is 70.2 cm³/mol. The van der Waals surface area contributed by atoms with Crippen LogP contribution in [0.4, 0.5) is 4.79 Å². The highest BCUT2D eigenvalue weighted by atomic mass is 16.7. The zero-order chi connectivity index (χ0) is 14.9. The number of fused-ring (bicyclic) bond motifs is 1. The van der Waals surface area contributed by atoms with Gasteiger partial charge in [0.25, 0.3) is 0 Å². The molecule has 1 amide bonds. The smallest absolute Gasteiger partial charge is 0.410 e. The summed E-state index contributed by atoms with van der Waals surface area (Å²) in [7, 11) is 0. The number of carbonyl (C=O) groups is 2. The number of likely N-dealkylation sites (tertiary alicyclic amines) is 1. The molecule has 0 aromatic carbocycles. The van der Waals surface area contributed by atoms with Gasteiger partial charge in [-0.15, -0.1) is 0 Å². The first kappa shape index (κ1) is 14.6. The number of hydrogen-bond donors (Lipinski definition) is 0. The Bertz CT molecular complexity index is 441. The van der Waals surface area contributed by atoms with Crippen LogP contribution in [0.25, 0.3) is 0 Å². The van der Waals surface area contributed by atoms with Gasteiger partial charge >= 0.3 is 12.1 Å². The first-order chi connectivity index (χ1) is 9.31. The van der Waals surface area contributed by atoms with E-state index in [9.17, 15) is 9.59 Å². The summed E-state index contributed by atoms with van der Waals surface area (Å²) in [5.41, 5.74) is -0.295. The van der Waals surface area contributed by atoms with Crippen molar-refractivity contribution in [3.8, 4) is 0 Å². The van der Waals surface area contributed by atoms with Crippen molar-refractivity contribution in [2.45, 2.75) is 39.4 Å². The molecular formula is C13H20N2O5. The van der Waals surface area contributed by atoms with Crippen molar-refractivity contribution in [3.63, 3.8) is 0 Å². The Morgan fingerprint density at radius 3 is 2.70 bits per heavy atom. The van der Waals surface area contributed by atoms with Crippen LogP contribution in [0.2, 0.25) is 0 Å². The molecule has 1 fully saturated rings. The van der Waals surface area contributed by atoms with E-state index in [1.165, 1.54) is 4.90 Å². The van der Waals surface area contributed by atoms with E-state index < -0.39 is 17.7 Å². The van der Waals surface area contributed by atoms with E-state index >= 15 is 0 Å². The summed E-state index contributed by atoms with van der Waals surface area (Å²) in [5.74, 6) is -0.715. The lowest BCUT2D eigenvalue weighted by atomic mass is 10.0. The zero-order valence-electron chi connectivity index (χ0n) is 12.2. The van der Waals surface area contributed by atoms with E-state index in [1.807, 2.05) is 20.8 Å². The van der Waals surface area contributed by atoms with E-state index in [1.54, 1.807) is 6.92 Å². The lowest BCUT2D eigenvalue weighted by Gasteiger charge is -2.24. The van der Waals surface area contributed by atoms with Gasteiger partial charge in [-0.25, -0.2) is 9.59 Å². The van der Waals surface area contributed by atoms with Crippen molar-refractivity contribution < 1.29 is 23.9 Å². The maximum atomic E-state index is 12.0. The summed E-state index contributed by atoms with van der Waals surface area (Å²) in [6.07, 6.45) is -0.694. The topological polar surface area (TPSA) is 77.4 Å². The summed E-state index contributed by atoms with van der Waals surface area (Å²) in [4.78, 5) is 30.5. The van der Waals surface area contributed by atoms with Crippen LogP contribution in [-0.2, 0) is 19.1 Å². The average molecular weight is 284 g/mol. The fourth-order valence-corrected chi connectivity index (χ4v) is 2.20. The number of carbonyl (C=O) groups excluding carboxylic acids is 2. The van der Waals surface area contributed by atoms with Gasteiger partial charge in [-0.1, -0.05) is 5.16 Å². The molecule has 2 aliphatic heterocycles. The standard InChI is InChI=1S/C13H20N2O5/c1-5-18-11(16)10-8-6-15(7-9(8)20-14-10)12(17)19-13(2,3)4/h8-9H,5-7H2,1-4H3/t8-,9-/m1/s1. The van der Waals surface area contributed by atoms with Gasteiger partial charge in [0.1, 0.15) is 5.60 Å². The van der Waals surface area contributed by atoms with Crippen LogP contribution in [0.1, 0.15) is 27.7 Å². The molecule has 2 rings (SSSR count). The monoisotopic (exact) mass is 284 g/mol. The number of nitrogens with zero attached hydrogens (tertiary/aromatic N) is 2. The van der Waals surface area contributed by atoms with Crippen LogP contribution >= 0.6 is 0 Å². The van der Waals surface area contributed by atoms with Crippen LogP contribution < -0.4 is 0 Å². The molecule has 2 heterocycles. The molecule has 20 heavy (non-hydrogen) atoms. The Morgan fingerprint density at radius 2 is 2.10 bits per heavy atom. The molecule has 0 radical (unpaired) electrons. The molecule has 0 bridgehead atoms. The minimum atomic E-state index is -0.548. The van der Waals surface area contributed by atoms with Crippen LogP contribution in [-0.4, -0.2) is 54.1 Å². The van der Waals surface area contributed by atoms with Gasteiger partial charge < -0.3 is 19.2 Å². The van der Waals surface area contributed by atoms with Crippen molar-refractivity contribution in [2.75, 3.05) is 19.7 Å². The van der Waals surface area contributed by atoms with Crippen molar-refractivity contribution in [3.05, 3.63) is 0 Å². The third-order valence-corrected chi connectivity index (χ3v) is 3.04. The molecular weight excluding hydrogens is 264 g/mol. The highest BCUT2D eigenvalue weighted by Crippen LogP contribution is 2.28. The van der Waals surface area contributed by atoms with Crippen molar-refractivity contribution in [1.29, 1.82) is 0 Å². The van der Waals surface area contributed by atoms with E-state index in [2.05, 4.69) is 5.16 Å². The molecule has 0 spiro atoms. The normalized spacial score (nSPS) is 24.8. The third-order valence-electron chi connectivity index (χ3n) is 3.04. The largest absolute Gasteiger partial charge is 0.461 e. The lowest BCUT2D eigenvalue weighted by molar-refractivity contribution is -0.135. The summed E-state index contributed by atoms with van der Waals surface area (Å²) < 4.78 is 10.2. The third kappa shape index (κ3) is 3.02. The number of hydrogen-bond acceptors (Lipinski definition) is 6. The summed E-state index contributed by atoms with van der Waals surface area (Å²) in [6.45, 7) is 8.17. The molecule has 0 saturated carbocycles. The van der Waals surface area contributed by atoms with Gasteiger partial charge in [0.15, 0.2) is 11.8 Å². The van der Waals surface area contributed by atoms with Gasteiger partial charge in [-0.2, -0.15) is 0 Å². The fourth-order valence-electron chi connectivity index (χ4n) is 2.20. The molecule has 1 saturated heterocycles. The second kappa shape index (κ2) is 5.30. The van der Waals surface area contributed by atoms with Gasteiger partial charge in [-0.3, -0.25) is 0 Å².